The fourth-order valence-corrected chi connectivity index (χ4v) is 2.68. The van der Waals surface area contributed by atoms with Crippen LogP contribution in [-0.2, 0) is 9.84 Å². The first-order valence-corrected chi connectivity index (χ1v) is 7.32. The van der Waals surface area contributed by atoms with E-state index in [4.69, 9.17) is 5.73 Å². The molecular weight excluding hydrogens is 256 g/mol. The molecule has 0 saturated heterocycles. The Labute approximate surface area is 104 Å². The molecule has 0 radical (unpaired) electrons. The molecule has 2 rings (SSSR count). The van der Waals surface area contributed by atoms with Gasteiger partial charge in [0.2, 0.25) is 5.95 Å². The molecule has 0 aliphatic heterocycles. The van der Waals surface area contributed by atoms with Gasteiger partial charge in [-0.25, -0.2) is 8.42 Å². The third-order valence-corrected chi connectivity index (χ3v) is 3.37. The monoisotopic (exact) mass is 270 g/mol. The van der Waals surface area contributed by atoms with E-state index in [1.165, 1.54) is 6.26 Å². The first-order valence-electron chi connectivity index (χ1n) is 5.26. The van der Waals surface area contributed by atoms with Crippen LogP contribution in [0.2, 0.25) is 0 Å². The van der Waals surface area contributed by atoms with Gasteiger partial charge in [0.05, 0.1) is 17.3 Å². The van der Waals surface area contributed by atoms with E-state index >= 15 is 0 Å². The van der Waals surface area contributed by atoms with Crippen molar-refractivity contribution in [2.45, 2.75) is 13.0 Å². The summed E-state index contributed by atoms with van der Waals surface area (Å²) in [6, 6.07) is -0.285. The van der Waals surface area contributed by atoms with Gasteiger partial charge in [-0.05, 0) is 6.92 Å². The first-order chi connectivity index (χ1) is 8.35. The van der Waals surface area contributed by atoms with Crippen LogP contribution in [0.15, 0.2) is 6.20 Å². The first kappa shape index (κ1) is 12.6. The number of aromatic amines is 1. The van der Waals surface area contributed by atoms with Crippen LogP contribution in [-0.4, -0.2) is 46.6 Å². The Morgan fingerprint density at radius 3 is 2.89 bits per heavy atom. The number of hydrogen-bond donors (Lipinski definition) is 3. The summed E-state index contributed by atoms with van der Waals surface area (Å²) in [7, 11) is -3.05. The number of hydrogen-bond acceptors (Lipinski definition) is 7. The van der Waals surface area contributed by atoms with Crippen LogP contribution in [0.4, 0.5) is 11.8 Å². The second-order valence-corrected chi connectivity index (χ2v) is 6.39. The summed E-state index contributed by atoms with van der Waals surface area (Å²) >= 11 is 0. The summed E-state index contributed by atoms with van der Waals surface area (Å²) in [6.07, 6.45) is 2.75. The van der Waals surface area contributed by atoms with Crippen molar-refractivity contribution in [1.29, 1.82) is 0 Å². The minimum atomic E-state index is -3.05. The Hall–Kier alpha value is -1.90. The van der Waals surface area contributed by atoms with Gasteiger partial charge in [-0.1, -0.05) is 0 Å². The molecule has 0 aliphatic carbocycles. The van der Waals surface area contributed by atoms with Crippen molar-refractivity contribution in [1.82, 2.24) is 20.2 Å². The molecule has 0 spiro atoms. The van der Waals surface area contributed by atoms with Gasteiger partial charge in [0.1, 0.15) is 15.7 Å². The number of nitrogens with zero attached hydrogens (tertiary/aromatic N) is 3. The highest BCUT2D eigenvalue weighted by molar-refractivity contribution is 7.90. The molecule has 18 heavy (non-hydrogen) atoms. The van der Waals surface area contributed by atoms with Gasteiger partial charge in [-0.3, -0.25) is 5.10 Å². The fourth-order valence-electron chi connectivity index (χ4n) is 1.69. The Balaban J connectivity index is 2.28. The van der Waals surface area contributed by atoms with E-state index in [9.17, 15) is 8.42 Å². The van der Waals surface area contributed by atoms with Crippen molar-refractivity contribution in [2.75, 3.05) is 23.1 Å². The number of nitrogens with two attached hydrogens (primary N) is 1. The van der Waals surface area contributed by atoms with E-state index in [0.29, 0.717) is 16.9 Å². The third kappa shape index (κ3) is 2.86. The number of fused-ring (bicyclic) bond motifs is 1. The van der Waals surface area contributed by atoms with Gasteiger partial charge >= 0.3 is 0 Å². The van der Waals surface area contributed by atoms with Gasteiger partial charge in [0, 0.05) is 12.3 Å². The zero-order valence-corrected chi connectivity index (χ0v) is 10.8. The van der Waals surface area contributed by atoms with E-state index in [2.05, 4.69) is 25.5 Å². The standard InChI is InChI=1S/C9H14N6O2S/c1-5(4-18(2,16)17)12-7-6-3-11-15-8(6)14-9(10)13-7/h3,5H,4H2,1-2H3,(H4,10,11,12,13,14,15). The molecule has 0 amide bonds. The molecule has 1 unspecified atom stereocenters. The Bertz CT molecular complexity index is 665. The maximum absolute atomic E-state index is 11.2. The highest BCUT2D eigenvalue weighted by Gasteiger charge is 2.14. The van der Waals surface area contributed by atoms with Gasteiger partial charge in [-0.15, -0.1) is 0 Å². The molecule has 0 aromatic carbocycles. The summed E-state index contributed by atoms with van der Waals surface area (Å²) in [4.78, 5) is 8.01. The molecule has 0 aliphatic rings. The predicted molar refractivity (Wildman–Crippen MR) is 68.9 cm³/mol. The quantitative estimate of drug-likeness (QED) is 0.700. The number of anilines is 2. The molecule has 2 aromatic rings. The summed E-state index contributed by atoms with van der Waals surface area (Å²) in [5, 5.41) is 10.2. The molecule has 9 heteroatoms. The topological polar surface area (TPSA) is 127 Å². The van der Waals surface area contributed by atoms with E-state index in [-0.39, 0.29) is 17.7 Å². The summed E-state index contributed by atoms with van der Waals surface area (Å²) in [5.41, 5.74) is 6.07. The van der Waals surface area contributed by atoms with Crippen molar-refractivity contribution in [2.24, 2.45) is 0 Å². The lowest BCUT2D eigenvalue weighted by Crippen LogP contribution is -2.25. The minimum Gasteiger partial charge on any atom is -0.368 e. The average molecular weight is 270 g/mol. The van der Waals surface area contributed by atoms with E-state index in [1.54, 1.807) is 13.1 Å². The molecule has 2 aromatic heterocycles. The fraction of sp³-hybridized carbons (Fsp3) is 0.444. The SMILES string of the molecule is CC(CS(C)(=O)=O)Nc1nc(N)nc2[nH]ncc12. The zero-order chi connectivity index (χ0) is 13.3. The molecule has 1 atom stereocenters. The minimum absolute atomic E-state index is 0.0102. The third-order valence-electron chi connectivity index (χ3n) is 2.26. The molecule has 0 bridgehead atoms. The molecule has 4 N–H and O–H groups in total. The normalized spacial score (nSPS) is 13.7. The number of sulfone groups is 1. The predicted octanol–water partition coefficient (Wildman–Crippen LogP) is -0.220. The Morgan fingerprint density at radius 2 is 2.22 bits per heavy atom. The Morgan fingerprint density at radius 1 is 1.50 bits per heavy atom. The van der Waals surface area contributed by atoms with Crippen LogP contribution in [0, 0.1) is 0 Å². The highest BCUT2D eigenvalue weighted by Crippen LogP contribution is 2.19. The number of aromatic nitrogens is 4. The van der Waals surface area contributed by atoms with Gasteiger partial charge in [-0.2, -0.15) is 15.1 Å². The van der Waals surface area contributed by atoms with E-state index < -0.39 is 9.84 Å². The second-order valence-electron chi connectivity index (χ2n) is 4.20. The van der Waals surface area contributed by atoms with Crippen LogP contribution in [0.5, 0.6) is 0 Å². The van der Waals surface area contributed by atoms with Crippen molar-refractivity contribution >= 4 is 32.6 Å². The van der Waals surface area contributed by atoms with Crippen LogP contribution in [0.3, 0.4) is 0 Å². The molecule has 2 heterocycles. The zero-order valence-electron chi connectivity index (χ0n) is 10.0. The summed E-state index contributed by atoms with van der Waals surface area (Å²) < 4.78 is 22.4. The maximum Gasteiger partial charge on any atom is 0.224 e. The average Bonchev–Trinajstić information content (AvgIpc) is 2.61. The molecule has 0 saturated carbocycles. The lowest BCUT2D eigenvalue weighted by molar-refractivity contribution is 0.598. The van der Waals surface area contributed by atoms with Gasteiger partial charge < -0.3 is 11.1 Å². The summed E-state index contributed by atoms with van der Waals surface area (Å²) in [5.74, 6) is 0.583. The van der Waals surface area contributed by atoms with Gasteiger partial charge in [0.25, 0.3) is 0 Å². The van der Waals surface area contributed by atoms with Crippen molar-refractivity contribution in [3.63, 3.8) is 0 Å². The highest BCUT2D eigenvalue weighted by atomic mass is 32.2. The smallest absolute Gasteiger partial charge is 0.224 e. The number of rotatable bonds is 4. The molecule has 98 valence electrons. The molecule has 8 nitrogen and oxygen atoms in total. The molecule has 0 fully saturated rings. The van der Waals surface area contributed by atoms with Crippen molar-refractivity contribution in [3.8, 4) is 0 Å². The van der Waals surface area contributed by atoms with Crippen LogP contribution < -0.4 is 11.1 Å². The second kappa shape index (κ2) is 4.41. The van der Waals surface area contributed by atoms with Crippen molar-refractivity contribution in [3.05, 3.63) is 6.20 Å². The van der Waals surface area contributed by atoms with Crippen LogP contribution in [0.1, 0.15) is 6.92 Å². The largest absolute Gasteiger partial charge is 0.368 e. The van der Waals surface area contributed by atoms with Crippen LogP contribution >= 0.6 is 0 Å². The van der Waals surface area contributed by atoms with E-state index in [0.717, 1.165) is 0 Å². The summed E-state index contributed by atoms with van der Waals surface area (Å²) in [6.45, 7) is 1.76. The Kier molecular flexibility index (Phi) is 3.07. The van der Waals surface area contributed by atoms with Crippen LogP contribution in [0.25, 0.3) is 11.0 Å². The number of nitrogens with one attached hydrogen (secondary N) is 2. The lowest BCUT2D eigenvalue weighted by atomic mass is 10.3. The molecular formula is C9H14N6O2S. The van der Waals surface area contributed by atoms with E-state index in [1.807, 2.05) is 0 Å². The number of H-pyrrole nitrogens is 1. The number of nitrogen functional groups attached to an aromatic ring is 1. The lowest BCUT2D eigenvalue weighted by Gasteiger charge is -2.13. The van der Waals surface area contributed by atoms with Gasteiger partial charge in [0.15, 0.2) is 5.65 Å². The maximum atomic E-state index is 11.2. The van der Waals surface area contributed by atoms with Crippen molar-refractivity contribution < 1.29 is 8.42 Å².